The van der Waals surface area contributed by atoms with Crippen LogP contribution in [0, 0.1) is 0 Å². The second-order valence-electron chi connectivity index (χ2n) is 5.19. The van der Waals surface area contributed by atoms with E-state index in [1.165, 1.54) is 0 Å². The third kappa shape index (κ3) is 5.04. The van der Waals surface area contributed by atoms with Crippen molar-refractivity contribution in [2.45, 2.75) is 12.8 Å². The van der Waals surface area contributed by atoms with Gasteiger partial charge in [-0.25, -0.2) is 4.98 Å². The van der Waals surface area contributed by atoms with Gasteiger partial charge in [-0.15, -0.1) is 0 Å². The molecule has 1 aromatic heterocycles. The average molecular weight is 287 g/mol. The Balaban J connectivity index is 1.81. The Labute approximate surface area is 125 Å². The second kappa shape index (κ2) is 7.59. The second-order valence-corrected chi connectivity index (χ2v) is 5.19. The lowest BCUT2D eigenvalue weighted by molar-refractivity contribution is -0.120. The molecule has 112 valence electrons. The van der Waals surface area contributed by atoms with E-state index < -0.39 is 0 Å². The van der Waals surface area contributed by atoms with Crippen molar-refractivity contribution in [2.24, 2.45) is 0 Å². The first-order chi connectivity index (χ1) is 10.1. The van der Waals surface area contributed by atoms with E-state index in [2.05, 4.69) is 15.2 Å². The maximum atomic E-state index is 11.8. The number of amides is 1. The summed E-state index contributed by atoms with van der Waals surface area (Å²) in [6.07, 6.45) is 2.73. The number of nitrogens with zero attached hydrogens (tertiary/aromatic N) is 2. The normalized spacial score (nSPS) is 10.8. The molecule has 0 aliphatic rings. The molecule has 0 unspecified atom stereocenters. The van der Waals surface area contributed by atoms with Gasteiger partial charge in [-0.3, -0.25) is 4.79 Å². The van der Waals surface area contributed by atoms with Gasteiger partial charge in [0.15, 0.2) is 0 Å². The zero-order chi connectivity index (χ0) is 15.1. The van der Waals surface area contributed by atoms with E-state index in [-0.39, 0.29) is 12.3 Å². The maximum Gasteiger partial charge on any atom is 0.226 e. The van der Waals surface area contributed by atoms with Crippen molar-refractivity contribution in [1.82, 2.24) is 15.2 Å². The Morgan fingerprint density at radius 1 is 1.29 bits per heavy atom. The number of benzene rings is 1. The van der Waals surface area contributed by atoms with Gasteiger partial charge in [0.2, 0.25) is 11.8 Å². The van der Waals surface area contributed by atoms with Crippen LogP contribution in [-0.4, -0.2) is 43.0 Å². The predicted octanol–water partition coefficient (Wildman–Crippen LogP) is 1.95. The molecule has 0 radical (unpaired) electrons. The molecule has 0 aliphatic carbocycles. The molecule has 1 aromatic carbocycles. The minimum absolute atomic E-state index is 0.0262. The third-order valence-corrected chi connectivity index (χ3v) is 3.02. The molecule has 0 bridgehead atoms. The molecule has 1 amide bonds. The fourth-order valence-corrected chi connectivity index (χ4v) is 1.95. The number of oxazole rings is 1. The summed E-state index contributed by atoms with van der Waals surface area (Å²) in [6.45, 7) is 1.64. The summed E-state index contributed by atoms with van der Waals surface area (Å²) in [6, 6.07) is 9.65. The number of carbonyl (C=O) groups is 1. The monoisotopic (exact) mass is 287 g/mol. The molecule has 1 heterocycles. The molecule has 0 fully saturated rings. The average Bonchev–Trinajstić information content (AvgIpc) is 2.93. The van der Waals surface area contributed by atoms with Gasteiger partial charge in [0.25, 0.3) is 0 Å². The first-order valence-electron chi connectivity index (χ1n) is 7.06. The van der Waals surface area contributed by atoms with Crippen LogP contribution < -0.4 is 5.32 Å². The summed E-state index contributed by atoms with van der Waals surface area (Å²) in [4.78, 5) is 18.2. The molecule has 2 aromatic rings. The van der Waals surface area contributed by atoms with Crippen molar-refractivity contribution in [3.63, 3.8) is 0 Å². The third-order valence-electron chi connectivity index (χ3n) is 3.02. The zero-order valence-corrected chi connectivity index (χ0v) is 12.5. The van der Waals surface area contributed by atoms with Gasteiger partial charge < -0.3 is 14.6 Å². The Morgan fingerprint density at radius 2 is 2.05 bits per heavy atom. The standard InChI is InChI=1S/C16H21N3O2/c1-19(2)10-6-9-17-15(20)11-14-12-21-16(18-14)13-7-4-3-5-8-13/h3-5,7-8,12H,6,9-11H2,1-2H3,(H,17,20). The molecule has 5 heteroatoms. The smallest absolute Gasteiger partial charge is 0.226 e. The van der Waals surface area contributed by atoms with Crippen LogP contribution in [0.1, 0.15) is 12.1 Å². The quantitative estimate of drug-likeness (QED) is 0.791. The molecule has 21 heavy (non-hydrogen) atoms. The van der Waals surface area contributed by atoms with Crippen molar-refractivity contribution < 1.29 is 9.21 Å². The molecule has 0 atom stereocenters. The first-order valence-corrected chi connectivity index (χ1v) is 7.06. The lowest BCUT2D eigenvalue weighted by Gasteiger charge is -2.09. The number of hydrogen-bond acceptors (Lipinski definition) is 4. The summed E-state index contributed by atoms with van der Waals surface area (Å²) in [5.74, 6) is 0.521. The van der Waals surface area contributed by atoms with Crippen LogP contribution in [0.15, 0.2) is 41.0 Å². The molecular weight excluding hydrogens is 266 g/mol. The molecule has 2 rings (SSSR count). The summed E-state index contributed by atoms with van der Waals surface area (Å²) in [5.41, 5.74) is 1.56. The predicted molar refractivity (Wildman–Crippen MR) is 81.8 cm³/mol. The van der Waals surface area contributed by atoms with E-state index in [4.69, 9.17) is 4.42 Å². The summed E-state index contributed by atoms with van der Waals surface area (Å²) in [5, 5.41) is 2.89. The highest BCUT2D eigenvalue weighted by Gasteiger charge is 2.09. The Bertz CT molecular complexity index is 564. The van der Waals surface area contributed by atoms with E-state index in [1.54, 1.807) is 6.26 Å². The van der Waals surface area contributed by atoms with Crippen molar-refractivity contribution in [3.05, 3.63) is 42.3 Å². The van der Waals surface area contributed by atoms with Crippen molar-refractivity contribution in [1.29, 1.82) is 0 Å². The Hall–Kier alpha value is -2.14. The van der Waals surface area contributed by atoms with E-state index in [9.17, 15) is 4.79 Å². The molecule has 0 saturated carbocycles. The van der Waals surface area contributed by atoms with Crippen LogP contribution in [0.4, 0.5) is 0 Å². The van der Waals surface area contributed by atoms with Crippen LogP contribution in [0.2, 0.25) is 0 Å². The van der Waals surface area contributed by atoms with E-state index >= 15 is 0 Å². The fourth-order valence-electron chi connectivity index (χ4n) is 1.95. The SMILES string of the molecule is CN(C)CCCNC(=O)Cc1coc(-c2ccccc2)n1. The van der Waals surface area contributed by atoms with Crippen molar-refractivity contribution in [2.75, 3.05) is 27.2 Å². The van der Waals surface area contributed by atoms with Crippen molar-refractivity contribution in [3.8, 4) is 11.5 Å². The van der Waals surface area contributed by atoms with Crippen molar-refractivity contribution >= 4 is 5.91 Å². The van der Waals surface area contributed by atoms with Crippen LogP contribution >= 0.6 is 0 Å². The number of rotatable bonds is 7. The van der Waals surface area contributed by atoms with Gasteiger partial charge in [-0.05, 0) is 39.2 Å². The summed E-state index contributed by atoms with van der Waals surface area (Å²) < 4.78 is 5.41. The fraction of sp³-hybridized carbons (Fsp3) is 0.375. The van der Waals surface area contributed by atoms with E-state index in [0.29, 0.717) is 18.1 Å². The Morgan fingerprint density at radius 3 is 2.76 bits per heavy atom. The van der Waals surface area contributed by atoms with Crippen LogP contribution in [0.25, 0.3) is 11.5 Å². The van der Waals surface area contributed by atoms with E-state index in [0.717, 1.165) is 18.5 Å². The minimum atomic E-state index is -0.0262. The van der Waals surface area contributed by atoms with E-state index in [1.807, 2.05) is 44.4 Å². The molecule has 0 spiro atoms. The van der Waals surface area contributed by atoms with Gasteiger partial charge in [-0.2, -0.15) is 0 Å². The van der Waals surface area contributed by atoms with Crippen LogP contribution in [0.5, 0.6) is 0 Å². The molecule has 5 nitrogen and oxygen atoms in total. The maximum absolute atomic E-state index is 11.8. The van der Waals surface area contributed by atoms with Gasteiger partial charge >= 0.3 is 0 Å². The molecule has 1 N–H and O–H groups in total. The molecule has 0 saturated heterocycles. The summed E-state index contributed by atoms with van der Waals surface area (Å²) >= 11 is 0. The number of carbonyl (C=O) groups excluding carboxylic acids is 1. The number of nitrogens with one attached hydrogen (secondary N) is 1. The first kappa shape index (κ1) is 15.3. The summed E-state index contributed by atoms with van der Waals surface area (Å²) in [7, 11) is 4.03. The highest BCUT2D eigenvalue weighted by molar-refractivity contribution is 5.78. The number of aromatic nitrogens is 1. The lowest BCUT2D eigenvalue weighted by atomic mass is 10.2. The van der Waals surface area contributed by atoms with Gasteiger partial charge in [-0.1, -0.05) is 18.2 Å². The van der Waals surface area contributed by atoms with Crippen LogP contribution in [0.3, 0.4) is 0 Å². The Kier molecular flexibility index (Phi) is 5.51. The minimum Gasteiger partial charge on any atom is -0.444 e. The molecular formula is C16H21N3O2. The van der Waals surface area contributed by atoms with Gasteiger partial charge in [0, 0.05) is 12.1 Å². The highest BCUT2D eigenvalue weighted by Crippen LogP contribution is 2.17. The highest BCUT2D eigenvalue weighted by atomic mass is 16.3. The van der Waals surface area contributed by atoms with Gasteiger partial charge in [0.1, 0.15) is 6.26 Å². The zero-order valence-electron chi connectivity index (χ0n) is 12.5. The van der Waals surface area contributed by atoms with Gasteiger partial charge in [0.05, 0.1) is 12.1 Å². The molecule has 0 aliphatic heterocycles. The largest absolute Gasteiger partial charge is 0.444 e. The number of hydrogen-bond donors (Lipinski definition) is 1. The lowest BCUT2D eigenvalue weighted by Crippen LogP contribution is -2.28. The van der Waals surface area contributed by atoms with Crippen LogP contribution in [-0.2, 0) is 11.2 Å². The topological polar surface area (TPSA) is 58.4 Å².